The Morgan fingerprint density at radius 1 is 1.35 bits per heavy atom. The Kier molecular flexibility index (Phi) is 5.13. The van der Waals surface area contributed by atoms with E-state index in [0.29, 0.717) is 18.2 Å². The standard InChI is InChI=1S/C9H17N5O2S/c1-2-12-17(15,16)7-6-11-8-4-3-5-9(13-8)14-10/h3-5,12H,2,6-7,10H2,1H3,(H2,11,13,14). The monoisotopic (exact) mass is 259 g/mol. The molecular formula is C9H17N5O2S. The Balaban J connectivity index is 2.45. The SMILES string of the molecule is CCNS(=O)(=O)CCNc1cccc(NN)n1. The molecule has 7 nitrogen and oxygen atoms in total. The number of hydrogen-bond acceptors (Lipinski definition) is 6. The Hall–Kier alpha value is -1.38. The molecule has 0 bridgehead atoms. The number of anilines is 2. The Labute approximate surface area is 101 Å². The van der Waals surface area contributed by atoms with E-state index in [4.69, 9.17) is 5.84 Å². The average molecular weight is 259 g/mol. The normalized spacial score (nSPS) is 11.2. The van der Waals surface area contributed by atoms with Crippen molar-refractivity contribution in [2.45, 2.75) is 6.92 Å². The highest BCUT2D eigenvalue weighted by atomic mass is 32.2. The van der Waals surface area contributed by atoms with Crippen molar-refractivity contribution in [1.29, 1.82) is 0 Å². The van der Waals surface area contributed by atoms with E-state index in [2.05, 4.69) is 20.4 Å². The summed E-state index contributed by atoms with van der Waals surface area (Å²) in [6.45, 7) is 2.42. The minimum Gasteiger partial charge on any atom is -0.369 e. The highest BCUT2D eigenvalue weighted by Crippen LogP contribution is 2.07. The lowest BCUT2D eigenvalue weighted by Crippen LogP contribution is -2.29. The van der Waals surface area contributed by atoms with Crippen LogP contribution >= 0.6 is 0 Å². The van der Waals surface area contributed by atoms with Crippen LogP contribution < -0.4 is 21.3 Å². The topological polar surface area (TPSA) is 109 Å². The fourth-order valence-corrected chi connectivity index (χ4v) is 2.17. The van der Waals surface area contributed by atoms with E-state index < -0.39 is 10.0 Å². The Morgan fingerprint density at radius 2 is 2.06 bits per heavy atom. The average Bonchev–Trinajstić information content (AvgIpc) is 2.29. The summed E-state index contributed by atoms with van der Waals surface area (Å²) in [6, 6.07) is 5.21. The molecule has 0 aliphatic rings. The highest BCUT2D eigenvalue weighted by Gasteiger charge is 2.07. The van der Waals surface area contributed by atoms with Crippen LogP contribution in [0.5, 0.6) is 0 Å². The van der Waals surface area contributed by atoms with Crippen LogP contribution in [0.4, 0.5) is 11.6 Å². The molecule has 1 aromatic rings. The van der Waals surface area contributed by atoms with Gasteiger partial charge in [-0.05, 0) is 12.1 Å². The van der Waals surface area contributed by atoms with Gasteiger partial charge in [0.25, 0.3) is 0 Å². The van der Waals surface area contributed by atoms with Crippen molar-refractivity contribution in [2.24, 2.45) is 5.84 Å². The largest absolute Gasteiger partial charge is 0.369 e. The van der Waals surface area contributed by atoms with E-state index in [1.807, 2.05) is 0 Å². The first-order valence-electron chi connectivity index (χ1n) is 5.22. The van der Waals surface area contributed by atoms with E-state index in [0.717, 1.165) is 0 Å². The molecule has 0 radical (unpaired) electrons. The number of nitrogens with zero attached hydrogens (tertiary/aromatic N) is 1. The number of hydrogen-bond donors (Lipinski definition) is 4. The second kappa shape index (κ2) is 6.38. The predicted octanol–water partition coefficient (Wildman–Crippen LogP) is -0.282. The van der Waals surface area contributed by atoms with Crippen LogP contribution in [0.25, 0.3) is 0 Å². The minimum atomic E-state index is -3.20. The molecule has 5 N–H and O–H groups in total. The molecule has 0 aromatic carbocycles. The summed E-state index contributed by atoms with van der Waals surface area (Å²) in [5.41, 5.74) is 2.41. The quantitative estimate of drug-likeness (QED) is 0.396. The van der Waals surface area contributed by atoms with Gasteiger partial charge in [-0.25, -0.2) is 24.0 Å². The van der Waals surface area contributed by atoms with Gasteiger partial charge < -0.3 is 10.7 Å². The van der Waals surface area contributed by atoms with Gasteiger partial charge in [0.1, 0.15) is 11.6 Å². The first-order chi connectivity index (χ1) is 8.07. The lowest BCUT2D eigenvalue weighted by Gasteiger charge is -2.07. The third kappa shape index (κ3) is 4.98. The maximum atomic E-state index is 11.3. The summed E-state index contributed by atoms with van der Waals surface area (Å²) in [5, 5.41) is 2.91. The lowest BCUT2D eigenvalue weighted by atomic mass is 10.4. The van der Waals surface area contributed by atoms with Gasteiger partial charge in [0.05, 0.1) is 5.75 Å². The number of nitrogens with one attached hydrogen (secondary N) is 3. The van der Waals surface area contributed by atoms with Gasteiger partial charge in [0.15, 0.2) is 0 Å². The van der Waals surface area contributed by atoms with E-state index in [-0.39, 0.29) is 12.3 Å². The second-order valence-electron chi connectivity index (χ2n) is 3.30. The van der Waals surface area contributed by atoms with E-state index in [1.165, 1.54) is 0 Å². The number of nitrogen functional groups attached to an aromatic ring is 1. The molecule has 0 aliphatic heterocycles. The fourth-order valence-electron chi connectivity index (χ4n) is 1.22. The van der Waals surface area contributed by atoms with Crippen LogP contribution in [0, 0.1) is 0 Å². The highest BCUT2D eigenvalue weighted by molar-refractivity contribution is 7.89. The Bertz CT molecular complexity index is 448. The molecule has 1 rings (SSSR count). The lowest BCUT2D eigenvalue weighted by molar-refractivity contribution is 0.584. The molecule has 0 aliphatic carbocycles. The van der Waals surface area contributed by atoms with E-state index >= 15 is 0 Å². The van der Waals surface area contributed by atoms with Crippen LogP contribution in [0.3, 0.4) is 0 Å². The molecule has 0 saturated heterocycles. The van der Waals surface area contributed by atoms with Crippen molar-refractivity contribution in [1.82, 2.24) is 9.71 Å². The molecule has 0 spiro atoms. The van der Waals surface area contributed by atoms with E-state index in [9.17, 15) is 8.42 Å². The minimum absolute atomic E-state index is 0.00278. The first kappa shape index (κ1) is 13.7. The number of sulfonamides is 1. The number of hydrazine groups is 1. The van der Waals surface area contributed by atoms with Crippen LogP contribution in [0.1, 0.15) is 6.92 Å². The zero-order valence-electron chi connectivity index (χ0n) is 9.60. The van der Waals surface area contributed by atoms with Gasteiger partial charge in [-0.2, -0.15) is 0 Å². The molecule has 0 unspecified atom stereocenters. The van der Waals surface area contributed by atoms with Gasteiger partial charge in [-0.1, -0.05) is 13.0 Å². The summed E-state index contributed by atoms with van der Waals surface area (Å²) >= 11 is 0. The van der Waals surface area contributed by atoms with Crippen molar-refractivity contribution in [3.05, 3.63) is 18.2 Å². The molecule has 0 saturated carbocycles. The zero-order chi connectivity index (χ0) is 12.7. The number of rotatable bonds is 7. The molecule has 0 atom stereocenters. The van der Waals surface area contributed by atoms with Gasteiger partial charge in [0.2, 0.25) is 10.0 Å². The van der Waals surface area contributed by atoms with Crippen LogP contribution in [0.2, 0.25) is 0 Å². The van der Waals surface area contributed by atoms with Crippen LogP contribution in [-0.2, 0) is 10.0 Å². The number of pyridine rings is 1. The summed E-state index contributed by atoms with van der Waals surface area (Å²) in [4.78, 5) is 4.09. The number of nitrogens with two attached hydrogens (primary N) is 1. The van der Waals surface area contributed by atoms with Crippen molar-refractivity contribution >= 4 is 21.7 Å². The zero-order valence-corrected chi connectivity index (χ0v) is 10.4. The van der Waals surface area contributed by atoms with Crippen molar-refractivity contribution < 1.29 is 8.42 Å². The smallest absolute Gasteiger partial charge is 0.213 e. The molecule has 0 fully saturated rings. The summed E-state index contributed by atoms with van der Waals surface area (Å²) in [7, 11) is -3.20. The molecular weight excluding hydrogens is 242 g/mol. The fraction of sp³-hybridized carbons (Fsp3) is 0.444. The van der Waals surface area contributed by atoms with Crippen molar-refractivity contribution in [2.75, 3.05) is 29.6 Å². The van der Waals surface area contributed by atoms with Gasteiger partial charge in [-0.15, -0.1) is 0 Å². The first-order valence-corrected chi connectivity index (χ1v) is 6.87. The maximum absolute atomic E-state index is 11.3. The maximum Gasteiger partial charge on any atom is 0.213 e. The summed E-state index contributed by atoms with van der Waals surface area (Å²) in [5.74, 6) is 6.31. The van der Waals surface area contributed by atoms with Gasteiger partial charge in [-0.3, -0.25) is 0 Å². The van der Waals surface area contributed by atoms with Gasteiger partial charge in [0, 0.05) is 13.1 Å². The number of aromatic nitrogens is 1. The molecule has 8 heteroatoms. The molecule has 0 amide bonds. The Morgan fingerprint density at radius 3 is 2.71 bits per heavy atom. The summed E-state index contributed by atoms with van der Waals surface area (Å²) < 4.78 is 25.1. The molecule has 1 heterocycles. The second-order valence-corrected chi connectivity index (χ2v) is 5.22. The third-order valence-corrected chi connectivity index (χ3v) is 3.41. The van der Waals surface area contributed by atoms with Crippen LogP contribution in [-0.4, -0.2) is 32.2 Å². The molecule has 1 aromatic heterocycles. The van der Waals surface area contributed by atoms with Crippen molar-refractivity contribution in [3.63, 3.8) is 0 Å². The molecule has 96 valence electrons. The predicted molar refractivity (Wildman–Crippen MR) is 68.0 cm³/mol. The van der Waals surface area contributed by atoms with Crippen molar-refractivity contribution in [3.8, 4) is 0 Å². The van der Waals surface area contributed by atoms with Gasteiger partial charge >= 0.3 is 0 Å². The third-order valence-electron chi connectivity index (χ3n) is 1.94. The molecule has 17 heavy (non-hydrogen) atoms. The van der Waals surface area contributed by atoms with E-state index in [1.54, 1.807) is 25.1 Å². The summed E-state index contributed by atoms with van der Waals surface area (Å²) in [6.07, 6.45) is 0. The van der Waals surface area contributed by atoms with Crippen LogP contribution in [0.15, 0.2) is 18.2 Å².